The number of aromatic nitrogens is 1. The molecule has 0 atom stereocenters. The second-order valence-corrected chi connectivity index (χ2v) is 5.40. The maximum absolute atomic E-state index is 5.23. The molecule has 0 aliphatic heterocycles. The molecular formula is C18H24N2O2. The summed E-state index contributed by atoms with van der Waals surface area (Å²) in [5, 5.41) is 0. The Hall–Kier alpha value is -1.91. The van der Waals surface area contributed by atoms with E-state index < -0.39 is 0 Å². The van der Waals surface area contributed by atoms with E-state index in [0.29, 0.717) is 5.88 Å². The molecule has 0 radical (unpaired) electrons. The summed E-state index contributed by atoms with van der Waals surface area (Å²) in [5.41, 5.74) is 3.76. The summed E-state index contributed by atoms with van der Waals surface area (Å²) in [7, 11) is 3.36. The van der Waals surface area contributed by atoms with Gasteiger partial charge in [0.05, 0.1) is 13.7 Å². The van der Waals surface area contributed by atoms with Crippen LogP contribution >= 0.6 is 0 Å². The molecule has 0 spiro atoms. The Kier molecular flexibility index (Phi) is 6.37. The average Bonchev–Trinajstić information content (AvgIpc) is 2.55. The third-order valence-corrected chi connectivity index (χ3v) is 3.55. The molecule has 4 heteroatoms. The molecule has 0 aliphatic carbocycles. The average molecular weight is 300 g/mol. The number of nitrogens with zero attached hydrogens (tertiary/aromatic N) is 2. The normalized spacial score (nSPS) is 10.9. The zero-order valence-corrected chi connectivity index (χ0v) is 13.6. The van der Waals surface area contributed by atoms with Crippen LogP contribution in [0, 0.1) is 6.92 Å². The van der Waals surface area contributed by atoms with Crippen LogP contribution in [0.4, 0.5) is 0 Å². The standard InChI is InChI=1S/C18H24N2O2/c1-15-4-6-16(7-5-15)13-20(10-11-21-2)14-17-8-9-18(22-3)19-12-17/h4-9,12H,10-11,13-14H2,1-3H3. The molecule has 1 aromatic heterocycles. The van der Waals surface area contributed by atoms with Crippen molar-refractivity contribution in [2.75, 3.05) is 27.4 Å². The van der Waals surface area contributed by atoms with Crippen molar-refractivity contribution in [3.63, 3.8) is 0 Å². The Morgan fingerprint density at radius 1 is 0.955 bits per heavy atom. The van der Waals surface area contributed by atoms with E-state index in [0.717, 1.165) is 26.2 Å². The molecule has 2 aromatic rings. The van der Waals surface area contributed by atoms with Crippen LogP contribution in [0.1, 0.15) is 16.7 Å². The van der Waals surface area contributed by atoms with Crippen molar-refractivity contribution < 1.29 is 9.47 Å². The molecule has 0 saturated heterocycles. The van der Waals surface area contributed by atoms with E-state index in [2.05, 4.69) is 47.1 Å². The van der Waals surface area contributed by atoms with Crippen molar-refractivity contribution in [3.8, 4) is 5.88 Å². The summed E-state index contributed by atoms with van der Waals surface area (Å²) >= 11 is 0. The number of rotatable bonds is 8. The summed E-state index contributed by atoms with van der Waals surface area (Å²) in [6, 6.07) is 12.6. The van der Waals surface area contributed by atoms with E-state index in [1.165, 1.54) is 16.7 Å². The van der Waals surface area contributed by atoms with E-state index >= 15 is 0 Å². The van der Waals surface area contributed by atoms with E-state index in [4.69, 9.17) is 9.47 Å². The van der Waals surface area contributed by atoms with E-state index in [1.807, 2.05) is 12.3 Å². The van der Waals surface area contributed by atoms with Crippen molar-refractivity contribution >= 4 is 0 Å². The third-order valence-electron chi connectivity index (χ3n) is 3.55. The molecular weight excluding hydrogens is 276 g/mol. The first-order chi connectivity index (χ1) is 10.7. The topological polar surface area (TPSA) is 34.6 Å². The first-order valence-electron chi connectivity index (χ1n) is 7.47. The number of hydrogen-bond donors (Lipinski definition) is 0. The van der Waals surface area contributed by atoms with Gasteiger partial charge < -0.3 is 9.47 Å². The molecule has 4 nitrogen and oxygen atoms in total. The summed E-state index contributed by atoms with van der Waals surface area (Å²) in [6.07, 6.45) is 1.87. The van der Waals surface area contributed by atoms with Gasteiger partial charge in [-0.3, -0.25) is 4.90 Å². The van der Waals surface area contributed by atoms with Crippen LogP contribution in [0.25, 0.3) is 0 Å². The summed E-state index contributed by atoms with van der Waals surface area (Å²) in [4.78, 5) is 6.63. The van der Waals surface area contributed by atoms with Crippen LogP contribution in [0.15, 0.2) is 42.6 Å². The van der Waals surface area contributed by atoms with E-state index in [1.54, 1.807) is 14.2 Å². The van der Waals surface area contributed by atoms with Gasteiger partial charge in [0.1, 0.15) is 0 Å². The second kappa shape index (κ2) is 8.51. The number of pyridine rings is 1. The highest BCUT2D eigenvalue weighted by molar-refractivity contribution is 5.22. The van der Waals surface area contributed by atoms with Crippen molar-refractivity contribution in [1.29, 1.82) is 0 Å². The van der Waals surface area contributed by atoms with Crippen LogP contribution in [-0.4, -0.2) is 37.3 Å². The van der Waals surface area contributed by atoms with Gasteiger partial charge in [0, 0.05) is 39.0 Å². The molecule has 0 aliphatic rings. The molecule has 0 saturated carbocycles. The van der Waals surface area contributed by atoms with Gasteiger partial charge in [-0.2, -0.15) is 0 Å². The molecule has 0 N–H and O–H groups in total. The summed E-state index contributed by atoms with van der Waals surface area (Å²) < 4.78 is 10.3. The summed E-state index contributed by atoms with van der Waals surface area (Å²) in [5.74, 6) is 0.644. The SMILES string of the molecule is COCCN(Cc1ccc(C)cc1)Cc1ccc(OC)nc1. The van der Waals surface area contributed by atoms with Crippen molar-refractivity contribution in [2.24, 2.45) is 0 Å². The third kappa shape index (κ3) is 5.13. The Morgan fingerprint density at radius 3 is 2.23 bits per heavy atom. The minimum Gasteiger partial charge on any atom is -0.481 e. The maximum atomic E-state index is 5.23. The lowest BCUT2D eigenvalue weighted by Gasteiger charge is -2.22. The van der Waals surface area contributed by atoms with Gasteiger partial charge >= 0.3 is 0 Å². The lowest BCUT2D eigenvalue weighted by atomic mass is 10.1. The molecule has 0 fully saturated rings. The van der Waals surface area contributed by atoms with Crippen LogP contribution in [0.3, 0.4) is 0 Å². The first-order valence-corrected chi connectivity index (χ1v) is 7.47. The van der Waals surface area contributed by atoms with Crippen LogP contribution in [0.2, 0.25) is 0 Å². The van der Waals surface area contributed by atoms with Crippen molar-refractivity contribution in [2.45, 2.75) is 20.0 Å². The molecule has 22 heavy (non-hydrogen) atoms. The van der Waals surface area contributed by atoms with Crippen LogP contribution in [0.5, 0.6) is 5.88 Å². The minimum atomic E-state index is 0.644. The molecule has 0 amide bonds. The summed E-state index contributed by atoms with van der Waals surface area (Å²) in [6.45, 7) is 5.45. The first kappa shape index (κ1) is 16.5. The Bertz CT molecular complexity index is 552. The molecule has 0 unspecified atom stereocenters. The second-order valence-electron chi connectivity index (χ2n) is 5.40. The largest absolute Gasteiger partial charge is 0.481 e. The number of ether oxygens (including phenoxy) is 2. The Morgan fingerprint density at radius 2 is 1.64 bits per heavy atom. The fourth-order valence-corrected chi connectivity index (χ4v) is 2.27. The van der Waals surface area contributed by atoms with Gasteiger partial charge in [-0.05, 0) is 18.1 Å². The van der Waals surface area contributed by atoms with Gasteiger partial charge in [0.2, 0.25) is 5.88 Å². The Balaban J connectivity index is 2.02. The number of benzene rings is 1. The van der Waals surface area contributed by atoms with Gasteiger partial charge in [0.25, 0.3) is 0 Å². The number of hydrogen-bond acceptors (Lipinski definition) is 4. The molecule has 1 heterocycles. The Labute approximate surface area is 132 Å². The lowest BCUT2D eigenvalue weighted by Crippen LogP contribution is -2.26. The predicted molar refractivity (Wildman–Crippen MR) is 88.0 cm³/mol. The number of methoxy groups -OCH3 is 2. The fraction of sp³-hybridized carbons (Fsp3) is 0.389. The number of aryl methyl sites for hydroxylation is 1. The molecule has 0 bridgehead atoms. The zero-order chi connectivity index (χ0) is 15.8. The molecule has 1 aromatic carbocycles. The highest BCUT2D eigenvalue weighted by Gasteiger charge is 2.08. The van der Waals surface area contributed by atoms with Crippen molar-refractivity contribution in [1.82, 2.24) is 9.88 Å². The van der Waals surface area contributed by atoms with E-state index in [9.17, 15) is 0 Å². The fourth-order valence-electron chi connectivity index (χ4n) is 2.27. The van der Waals surface area contributed by atoms with Crippen molar-refractivity contribution in [3.05, 3.63) is 59.3 Å². The van der Waals surface area contributed by atoms with Gasteiger partial charge in [-0.1, -0.05) is 35.9 Å². The highest BCUT2D eigenvalue weighted by Crippen LogP contribution is 2.12. The van der Waals surface area contributed by atoms with Gasteiger partial charge in [-0.15, -0.1) is 0 Å². The monoisotopic (exact) mass is 300 g/mol. The highest BCUT2D eigenvalue weighted by atomic mass is 16.5. The van der Waals surface area contributed by atoms with E-state index in [-0.39, 0.29) is 0 Å². The molecule has 118 valence electrons. The van der Waals surface area contributed by atoms with Gasteiger partial charge in [-0.25, -0.2) is 4.98 Å². The van der Waals surface area contributed by atoms with Crippen LogP contribution in [-0.2, 0) is 17.8 Å². The zero-order valence-electron chi connectivity index (χ0n) is 13.6. The lowest BCUT2D eigenvalue weighted by molar-refractivity contribution is 0.140. The quantitative estimate of drug-likeness (QED) is 0.750. The molecule has 2 rings (SSSR count). The van der Waals surface area contributed by atoms with Gasteiger partial charge in [0.15, 0.2) is 0 Å². The maximum Gasteiger partial charge on any atom is 0.212 e. The minimum absolute atomic E-state index is 0.644. The smallest absolute Gasteiger partial charge is 0.212 e. The van der Waals surface area contributed by atoms with Crippen LogP contribution < -0.4 is 4.74 Å². The predicted octanol–water partition coefficient (Wildman–Crippen LogP) is 3.05.